The largest absolute Gasteiger partial charge is 0.355 e. The third kappa shape index (κ3) is 2.53. The van der Waals surface area contributed by atoms with Crippen LogP contribution in [-0.2, 0) is 0 Å². The highest BCUT2D eigenvalue weighted by molar-refractivity contribution is 7.98. The fraction of sp³-hybridized carbons (Fsp3) is 0.556. The van der Waals surface area contributed by atoms with Crippen molar-refractivity contribution in [2.24, 2.45) is 5.73 Å². The van der Waals surface area contributed by atoms with Crippen LogP contribution in [0, 0.1) is 0 Å². The smallest absolute Gasteiger partial charge is 0.190 e. The maximum absolute atomic E-state index is 5.92. The van der Waals surface area contributed by atoms with Crippen LogP contribution in [-0.4, -0.2) is 35.4 Å². The van der Waals surface area contributed by atoms with Gasteiger partial charge in [-0.15, -0.1) is 0 Å². The molecule has 0 bridgehead atoms. The second-order valence-corrected chi connectivity index (χ2v) is 4.69. The maximum atomic E-state index is 5.92. The third-order valence-electron chi connectivity index (χ3n) is 2.39. The summed E-state index contributed by atoms with van der Waals surface area (Å²) in [5.74, 6) is 0.882. The Hall–Kier alpha value is -0.520. The molecule has 0 saturated carbocycles. The summed E-state index contributed by atoms with van der Waals surface area (Å²) < 4.78 is 0. The quantitative estimate of drug-likeness (QED) is 0.484. The van der Waals surface area contributed by atoms with Crippen LogP contribution in [0.3, 0.4) is 0 Å². The number of hydrogen-bond donors (Lipinski definition) is 1. The monoisotopic (exact) mass is 244 g/mol. The molecular weight excluding hydrogens is 232 g/mol. The molecule has 0 aromatic carbocycles. The highest BCUT2D eigenvalue weighted by Crippen LogP contribution is 2.22. The molecular formula is C9H13ClN4S. The van der Waals surface area contributed by atoms with E-state index in [-0.39, 0.29) is 6.04 Å². The van der Waals surface area contributed by atoms with Crippen molar-refractivity contribution in [1.29, 1.82) is 0 Å². The van der Waals surface area contributed by atoms with Crippen molar-refractivity contribution in [1.82, 2.24) is 9.97 Å². The molecule has 2 rings (SSSR count). The lowest BCUT2D eigenvalue weighted by atomic mass is 10.3. The Labute approximate surface area is 98.2 Å². The molecule has 1 fully saturated rings. The molecule has 1 aromatic rings. The van der Waals surface area contributed by atoms with Crippen LogP contribution >= 0.6 is 23.4 Å². The summed E-state index contributed by atoms with van der Waals surface area (Å²) >= 11 is 7.41. The Morgan fingerprint density at radius 3 is 3.00 bits per heavy atom. The van der Waals surface area contributed by atoms with Crippen LogP contribution in [0.15, 0.2) is 11.2 Å². The molecule has 1 unspecified atom stereocenters. The van der Waals surface area contributed by atoms with Gasteiger partial charge in [-0.25, -0.2) is 9.97 Å². The first-order valence-electron chi connectivity index (χ1n) is 4.78. The van der Waals surface area contributed by atoms with Crippen molar-refractivity contribution in [2.45, 2.75) is 17.6 Å². The third-order valence-corrected chi connectivity index (χ3v) is 3.13. The molecule has 15 heavy (non-hydrogen) atoms. The van der Waals surface area contributed by atoms with Crippen molar-refractivity contribution in [2.75, 3.05) is 24.2 Å². The number of hydrogen-bond acceptors (Lipinski definition) is 5. The van der Waals surface area contributed by atoms with E-state index in [4.69, 9.17) is 17.3 Å². The molecule has 1 aliphatic rings. The minimum absolute atomic E-state index is 0.247. The number of aromatic nitrogens is 2. The highest BCUT2D eigenvalue weighted by atomic mass is 35.5. The van der Waals surface area contributed by atoms with E-state index in [1.54, 1.807) is 6.07 Å². The first kappa shape index (κ1) is 11.0. The molecule has 0 spiro atoms. The van der Waals surface area contributed by atoms with Crippen LogP contribution in [0.1, 0.15) is 6.42 Å². The number of nitrogens with two attached hydrogens (primary N) is 1. The van der Waals surface area contributed by atoms with E-state index >= 15 is 0 Å². The summed E-state index contributed by atoms with van der Waals surface area (Å²) in [5.41, 5.74) is 5.85. The lowest BCUT2D eigenvalue weighted by Gasteiger charge is -2.17. The van der Waals surface area contributed by atoms with Gasteiger partial charge in [-0.1, -0.05) is 23.4 Å². The van der Waals surface area contributed by atoms with Gasteiger partial charge in [0.25, 0.3) is 0 Å². The van der Waals surface area contributed by atoms with E-state index in [1.807, 2.05) is 6.26 Å². The first-order valence-corrected chi connectivity index (χ1v) is 6.38. The van der Waals surface area contributed by atoms with Gasteiger partial charge in [-0.3, -0.25) is 0 Å². The number of thioether (sulfide) groups is 1. The Balaban J connectivity index is 2.24. The Morgan fingerprint density at radius 2 is 2.40 bits per heavy atom. The molecule has 1 aromatic heterocycles. The van der Waals surface area contributed by atoms with E-state index in [1.165, 1.54) is 11.8 Å². The van der Waals surface area contributed by atoms with Crippen molar-refractivity contribution < 1.29 is 0 Å². The van der Waals surface area contributed by atoms with Crippen LogP contribution in [0.25, 0.3) is 0 Å². The summed E-state index contributed by atoms with van der Waals surface area (Å²) in [4.78, 5) is 10.7. The molecule has 1 aliphatic heterocycles. The molecule has 0 amide bonds. The molecule has 2 heterocycles. The van der Waals surface area contributed by atoms with E-state index in [2.05, 4.69) is 14.9 Å². The first-order chi connectivity index (χ1) is 7.19. The van der Waals surface area contributed by atoms with Crippen LogP contribution in [0.2, 0.25) is 5.15 Å². The highest BCUT2D eigenvalue weighted by Gasteiger charge is 2.21. The van der Waals surface area contributed by atoms with Gasteiger partial charge in [-0.2, -0.15) is 0 Å². The van der Waals surface area contributed by atoms with Crippen molar-refractivity contribution >= 4 is 29.2 Å². The average Bonchev–Trinajstić information content (AvgIpc) is 2.64. The Bertz CT molecular complexity index is 360. The summed E-state index contributed by atoms with van der Waals surface area (Å²) in [5, 5.41) is 1.20. The zero-order chi connectivity index (χ0) is 10.8. The Morgan fingerprint density at radius 1 is 1.60 bits per heavy atom. The molecule has 82 valence electrons. The molecule has 0 aliphatic carbocycles. The summed E-state index contributed by atoms with van der Waals surface area (Å²) in [7, 11) is 0. The lowest BCUT2D eigenvalue weighted by Crippen LogP contribution is -2.27. The van der Waals surface area contributed by atoms with Gasteiger partial charge >= 0.3 is 0 Å². The van der Waals surface area contributed by atoms with Crippen molar-refractivity contribution in [3.05, 3.63) is 11.2 Å². The SMILES string of the molecule is CSc1nc(Cl)cc(N2CCC(N)C2)n1. The fourth-order valence-corrected chi connectivity index (χ4v) is 2.24. The normalized spacial score (nSPS) is 21.0. The fourth-order valence-electron chi connectivity index (χ4n) is 1.63. The zero-order valence-corrected chi connectivity index (χ0v) is 10.1. The minimum Gasteiger partial charge on any atom is -0.355 e. The van der Waals surface area contributed by atoms with Crippen molar-refractivity contribution in [3.63, 3.8) is 0 Å². The molecule has 2 N–H and O–H groups in total. The second-order valence-electron chi connectivity index (χ2n) is 3.53. The van der Waals surface area contributed by atoms with Gasteiger partial charge < -0.3 is 10.6 Å². The topological polar surface area (TPSA) is 55.0 Å². The summed E-state index contributed by atoms with van der Waals surface area (Å²) in [6.07, 6.45) is 2.95. The van der Waals surface area contributed by atoms with Crippen molar-refractivity contribution in [3.8, 4) is 0 Å². The van der Waals surface area contributed by atoms with E-state index in [0.717, 1.165) is 25.3 Å². The van der Waals surface area contributed by atoms with Crippen LogP contribution in [0.4, 0.5) is 5.82 Å². The summed E-state index contributed by atoms with van der Waals surface area (Å²) in [6, 6.07) is 2.04. The molecule has 1 atom stereocenters. The van der Waals surface area contributed by atoms with Gasteiger partial charge in [0, 0.05) is 25.2 Å². The second kappa shape index (κ2) is 4.55. The molecule has 6 heteroatoms. The van der Waals surface area contributed by atoms with Gasteiger partial charge in [0.15, 0.2) is 5.16 Å². The maximum Gasteiger partial charge on any atom is 0.190 e. The van der Waals surface area contributed by atoms with E-state index in [0.29, 0.717) is 10.3 Å². The zero-order valence-electron chi connectivity index (χ0n) is 8.48. The predicted octanol–water partition coefficient (Wildman–Crippen LogP) is 1.39. The number of anilines is 1. The summed E-state index contributed by atoms with van der Waals surface area (Å²) in [6.45, 7) is 1.80. The van der Waals surface area contributed by atoms with E-state index < -0.39 is 0 Å². The predicted molar refractivity (Wildman–Crippen MR) is 63.6 cm³/mol. The van der Waals surface area contributed by atoms with Gasteiger partial charge in [0.2, 0.25) is 0 Å². The van der Waals surface area contributed by atoms with E-state index in [9.17, 15) is 0 Å². The molecule has 0 radical (unpaired) electrons. The van der Waals surface area contributed by atoms with Gasteiger partial charge in [0.1, 0.15) is 11.0 Å². The van der Waals surface area contributed by atoms with Gasteiger partial charge in [0.05, 0.1) is 0 Å². The standard InChI is InChI=1S/C9H13ClN4S/c1-15-9-12-7(10)4-8(13-9)14-3-2-6(11)5-14/h4,6H,2-3,5,11H2,1H3. The van der Waals surface area contributed by atoms with Crippen LogP contribution in [0.5, 0.6) is 0 Å². The molecule has 1 saturated heterocycles. The molecule has 4 nitrogen and oxygen atoms in total. The number of nitrogens with zero attached hydrogens (tertiary/aromatic N) is 3. The minimum atomic E-state index is 0.247. The number of rotatable bonds is 2. The Kier molecular flexibility index (Phi) is 3.33. The van der Waals surface area contributed by atoms with Crippen LogP contribution < -0.4 is 10.6 Å². The van der Waals surface area contributed by atoms with Gasteiger partial charge in [-0.05, 0) is 12.7 Å². The average molecular weight is 245 g/mol. The lowest BCUT2D eigenvalue weighted by molar-refractivity contribution is 0.750. The number of halogens is 1.